The molecule has 0 spiro atoms. The van der Waals surface area contributed by atoms with Crippen molar-refractivity contribution < 1.29 is 9.18 Å². The summed E-state index contributed by atoms with van der Waals surface area (Å²) in [6, 6.07) is 5.91. The van der Waals surface area contributed by atoms with E-state index < -0.39 is 0 Å². The van der Waals surface area contributed by atoms with E-state index in [0.717, 1.165) is 19.4 Å². The van der Waals surface area contributed by atoms with Gasteiger partial charge in [0.1, 0.15) is 5.82 Å². The third-order valence-electron chi connectivity index (χ3n) is 2.42. The maximum absolute atomic E-state index is 12.9. The molecule has 17 heavy (non-hydrogen) atoms. The van der Waals surface area contributed by atoms with Crippen LogP contribution in [0.15, 0.2) is 24.3 Å². The molecule has 1 amide bonds. The first-order valence-electron chi connectivity index (χ1n) is 5.85. The van der Waals surface area contributed by atoms with E-state index in [9.17, 15) is 9.18 Å². The summed E-state index contributed by atoms with van der Waals surface area (Å²) in [6.07, 6.45) is 2.18. The highest BCUT2D eigenvalue weighted by molar-refractivity contribution is 5.92. The smallest absolute Gasteiger partial charge is 0.238 e. The molecule has 1 aromatic carbocycles. The number of carbonyl (C=O) groups is 1. The number of nitrogens with one attached hydrogen (secondary N) is 1. The lowest BCUT2D eigenvalue weighted by Crippen LogP contribution is -2.30. The summed E-state index contributed by atoms with van der Waals surface area (Å²) < 4.78 is 12.9. The van der Waals surface area contributed by atoms with Crippen molar-refractivity contribution in [2.45, 2.75) is 19.8 Å². The van der Waals surface area contributed by atoms with Gasteiger partial charge in [0.05, 0.1) is 6.54 Å². The summed E-state index contributed by atoms with van der Waals surface area (Å²) in [4.78, 5) is 13.6. The summed E-state index contributed by atoms with van der Waals surface area (Å²) in [5.41, 5.74) is 0.499. The number of hydrogen-bond acceptors (Lipinski definition) is 2. The highest BCUT2D eigenvalue weighted by Crippen LogP contribution is 2.08. The minimum absolute atomic E-state index is 0.116. The first-order chi connectivity index (χ1) is 8.11. The van der Waals surface area contributed by atoms with Gasteiger partial charge in [0.25, 0.3) is 0 Å². The van der Waals surface area contributed by atoms with Gasteiger partial charge in [-0.1, -0.05) is 19.4 Å². The van der Waals surface area contributed by atoms with Crippen LogP contribution < -0.4 is 5.32 Å². The number of likely N-dealkylation sites (N-methyl/N-ethyl adjacent to an activating group) is 1. The molecule has 0 fully saturated rings. The molecule has 1 aromatic rings. The van der Waals surface area contributed by atoms with Crippen LogP contribution in [0.2, 0.25) is 0 Å². The molecule has 0 saturated heterocycles. The van der Waals surface area contributed by atoms with Gasteiger partial charge in [0, 0.05) is 5.69 Å². The van der Waals surface area contributed by atoms with Crippen molar-refractivity contribution in [1.29, 1.82) is 0 Å². The largest absolute Gasteiger partial charge is 0.325 e. The second-order valence-electron chi connectivity index (χ2n) is 4.15. The Morgan fingerprint density at radius 1 is 1.47 bits per heavy atom. The lowest BCUT2D eigenvalue weighted by atomic mass is 10.3. The molecule has 0 aliphatic carbocycles. The number of benzene rings is 1. The fraction of sp³-hybridized carbons (Fsp3) is 0.462. The zero-order chi connectivity index (χ0) is 12.7. The molecule has 1 N–H and O–H groups in total. The predicted octanol–water partition coefficient (Wildman–Crippen LogP) is 2.50. The van der Waals surface area contributed by atoms with Gasteiger partial charge in [-0.2, -0.15) is 0 Å². The molecule has 0 aliphatic rings. The molecule has 94 valence electrons. The third-order valence-corrected chi connectivity index (χ3v) is 2.42. The highest BCUT2D eigenvalue weighted by Gasteiger charge is 2.06. The molecule has 0 aliphatic heterocycles. The van der Waals surface area contributed by atoms with Gasteiger partial charge in [-0.25, -0.2) is 4.39 Å². The summed E-state index contributed by atoms with van der Waals surface area (Å²) >= 11 is 0. The van der Waals surface area contributed by atoms with E-state index in [1.807, 2.05) is 11.9 Å². The Balaban J connectivity index is 2.39. The Morgan fingerprint density at radius 3 is 2.88 bits per heavy atom. The number of carbonyl (C=O) groups excluding carboxylic acids is 1. The molecule has 0 radical (unpaired) electrons. The lowest BCUT2D eigenvalue weighted by Gasteiger charge is -2.15. The van der Waals surface area contributed by atoms with Crippen LogP contribution in [0, 0.1) is 5.82 Å². The number of anilines is 1. The summed E-state index contributed by atoms with van der Waals surface area (Å²) in [5, 5.41) is 2.67. The molecule has 0 saturated carbocycles. The molecule has 1 rings (SSSR count). The normalized spacial score (nSPS) is 10.6. The van der Waals surface area contributed by atoms with E-state index in [1.54, 1.807) is 12.1 Å². The Hall–Kier alpha value is -1.42. The number of unbranched alkanes of at least 4 members (excludes halogenated alkanes) is 1. The predicted molar refractivity (Wildman–Crippen MR) is 67.4 cm³/mol. The topological polar surface area (TPSA) is 32.3 Å². The van der Waals surface area contributed by atoms with Crippen molar-refractivity contribution in [3.05, 3.63) is 30.1 Å². The van der Waals surface area contributed by atoms with Gasteiger partial charge in [-0.05, 0) is 38.2 Å². The van der Waals surface area contributed by atoms with E-state index in [1.165, 1.54) is 12.1 Å². The third kappa shape index (κ3) is 5.45. The lowest BCUT2D eigenvalue weighted by molar-refractivity contribution is -0.117. The minimum Gasteiger partial charge on any atom is -0.325 e. The Bertz CT molecular complexity index is 368. The minimum atomic E-state index is -0.345. The van der Waals surface area contributed by atoms with Crippen LogP contribution in [-0.2, 0) is 4.79 Å². The monoisotopic (exact) mass is 238 g/mol. The molecule has 0 bridgehead atoms. The standard InChI is InChI=1S/C13H19FN2O/c1-3-4-8-16(2)10-13(17)15-12-7-5-6-11(14)9-12/h5-7,9H,3-4,8,10H2,1-2H3,(H,15,17). The van der Waals surface area contributed by atoms with E-state index in [4.69, 9.17) is 0 Å². The van der Waals surface area contributed by atoms with Crippen molar-refractivity contribution in [1.82, 2.24) is 4.90 Å². The molecular formula is C13H19FN2O. The second kappa shape index (κ2) is 7.01. The van der Waals surface area contributed by atoms with Crippen LogP contribution in [0.4, 0.5) is 10.1 Å². The highest BCUT2D eigenvalue weighted by atomic mass is 19.1. The summed E-state index contributed by atoms with van der Waals surface area (Å²) in [6.45, 7) is 3.34. The molecule has 0 heterocycles. The average Bonchev–Trinajstić information content (AvgIpc) is 2.26. The van der Waals surface area contributed by atoms with Crippen LogP contribution in [0.25, 0.3) is 0 Å². The van der Waals surface area contributed by atoms with E-state index >= 15 is 0 Å². The maximum Gasteiger partial charge on any atom is 0.238 e. The number of nitrogens with zero attached hydrogens (tertiary/aromatic N) is 1. The van der Waals surface area contributed by atoms with Gasteiger partial charge < -0.3 is 5.32 Å². The first kappa shape index (κ1) is 13.6. The van der Waals surface area contributed by atoms with E-state index in [2.05, 4.69) is 12.2 Å². The van der Waals surface area contributed by atoms with Crippen molar-refractivity contribution in [3.63, 3.8) is 0 Å². The fourth-order valence-electron chi connectivity index (χ4n) is 1.52. The zero-order valence-corrected chi connectivity index (χ0v) is 10.4. The molecule has 0 aromatic heterocycles. The maximum atomic E-state index is 12.9. The van der Waals surface area contributed by atoms with Crippen molar-refractivity contribution in [3.8, 4) is 0 Å². The summed E-state index contributed by atoms with van der Waals surface area (Å²) in [7, 11) is 1.90. The van der Waals surface area contributed by atoms with Crippen LogP contribution in [-0.4, -0.2) is 30.9 Å². The fourth-order valence-corrected chi connectivity index (χ4v) is 1.52. The molecule has 0 atom stereocenters. The quantitative estimate of drug-likeness (QED) is 0.825. The van der Waals surface area contributed by atoms with Crippen LogP contribution in [0.1, 0.15) is 19.8 Å². The van der Waals surface area contributed by atoms with E-state index in [-0.39, 0.29) is 11.7 Å². The average molecular weight is 238 g/mol. The second-order valence-corrected chi connectivity index (χ2v) is 4.15. The number of halogens is 1. The Morgan fingerprint density at radius 2 is 2.24 bits per heavy atom. The van der Waals surface area contributed by atoms with Crippen molar-refractivity contribution >= 4 is 11.6 Å². The SMILES string of the molecule is CCCCN(C)CC(=O)Nc1cccc(F)c1. The number of hydrogen-bond donors (Lipinski definition) is 1. The van der Waals surface area contributed by atoms with Crippen molar-refractivity contribution in [2.24, 2.45) is 0 Å². The number of rotatable bonds is 6. The Kier molecular flexibility index (Phi) is 5.63. The Labute approximate surface area is 102 Å². The van der Waals surface area contributed by atoms with Gasteiger partial charge in [0.2, 0.25) is 5.91 Å². The molecule has 0 unspecified atom stereocenters. The van der Waals surface area contributed by atoms with Crippen LogP contribution in [0.3, 0.4) is 0 Å². The molecular weight excluding hydrogens is 219 g/mol. The molecule has 4 heteroatoms. The van der Waals surface area contributed by atoms with Gasteiger partial charge in [0.15, 0.2) is 0 Å². The number of amides is 1. The van der Waals surface area contributed by atoms with Crippen molar-refractivity contribution in [2.75, 3.05) is 25.5 Å². The molecule has 3 nitrogen and oxygen atoms in total. The summed E-state index contributed by atoms with van der Waals surface area (Å²) in [5.74, 6) is -0.462. The van der Waals surface area contributed by atoms with E-state index in [0.29, 0.717) is 12.2 Å². The van der Waals surface area contributed by atoms with Crippen LogP contribution >= 0.6 is 0 Å². The van der Waals surface area contributed by atoms with Gasteiger partial charge in [-0.15, -0.1) is 0 Å². The van der Waals surface area contributed by atoms with Gasteiger partial charge in [-0.3, -0.25) is 9.69 Å². The van der Waals surface area contributed by atoms with Crippen LogP contribution in [0.5, 0.6) is 0 Å². The first-order valence-corrected chi connectivity index (χ1v) is 5.85. The zero-order valence-electron chi connectivity index (χ0n) is 10.4. The van der Waals surface area contributed by atoms with Gasteiger partial charge >= 0.3 is 0 Å².